The standard InChI is InChI=1S/C25H28N4O4S/c26-18-20-7-6-8-21(17-20)24(30)29-14-13-27(19-23(29)25(31)28-11-4-5-12-28)15-16-34(32,33)22-9-2-1-3-10-22/h1-3,6-10,17,23H,4-5,11-16,19H2. The van der Waals surface area contributed by atoms with E-state index in [9.17, 15) is 23.3 Å². The smallest absolute Gasteiger partial charge is 0.254 e. The van der Waals surface area contributed by atoms with Gasteiger partial charge >= 0.3 is 0 Å². The molecule has 34 heavy (non-hydrogen) atoms. The van der Waals surface area contributed by atoms with Crippen LogP contribution in [0.5, 0.6) is 0 Å². The lowest BCUT2D eigenvalue weighted by Gasteiger charge is -2.41. The van der Waals surface area contributed by atoms with Gasteiger partial charge in [0.15, 0.2) is 9.84 Å². The molecule has 0 aliphatic carbocycles. The number of hydrogen-bond acceptors (Lipinski definition) is 6. The van der Waals surface area contributed by atoms with Crippen molar-refractivity contribution < 1.29 is 18.0 Å². The Balaban J connectivity index is 1.51. The third-order valence-electron chi connectivity index (χ3n) is 6.45. The normalized spacial score (nSPS) is 19.1. The molecule has 0 saturated carbocycles. The number of carbonyl (C=O) groups excluding carboxylic acids is 2. The summed E-state index contributed by atoms with van der Waals surface area (Å²) in [6.07, 6.45) is 1.88. The number of nitriles is 1. The van der Waals surface area contributed by atoms with E-state index in [0.29, 0.717) is 37.3 Å². The summed E-state index contributed by atoms with van der Waals surface area (Å²) in [4.78, 5) is 32.3. The lowest BCUT2D eigenvalue weighted by molar-refractivity contribution is -0.137. The second-order valence-corrected chi connectivity index (χ2v) is 10.8. The van der Waals surface area contributed by atoms with E-state index >= 15 is 0 Å². The first-order chi connectivity index (χ1) is 16.4. The van der Waals surface area contributed by atoms with Crippen molar-refractivity contribution in [3.63, 3.8) is 0 Å². The molecule has 4 rings (SSSR count). The second-order valence-electron chi connectivity index (χ2n) is 8.67. The molecule has 9 heteroatoms. The van der Waals surface area contributed by atoms with Crippen LogP contribution in [0.1, 0.15) is 28.8 Å². The second kappa shape index (κ2) is 10.4. The summed E-state index contributed by atoms with van der Waals surface area (Å²) in [5.41, 5.74) is 0.761. The molecule has 0 aromatic heterocycles. The van der Waals surface area contributed by atoms with Gasteiger partial charge in [-0.1, -0.05) is 24.3 Å². The zero-order valence-corrected chi connectivity index (χ0v) is 19.8. The van der Waals surface area contributed by atoms with Gasteiger partial charge in [0, 0.05) is 44.8 Å². The molecule has 2 aromatic carbocycles. The number of piperazine rings is 1. The largest absolute Gasteiger partial charge is 0.341 e. The predicted molar refractivity (Wildman–Crippen MR) is 127 cm³/mol. The predicted octanol–water partition coefficient (Wildman–Crippen LogP) is 1.78. The van der Waals surface area contributed by atoms with E-state index in [0.717, 1.165) is 12.8 Å². The van der Waals surface area contributed by atoms with Gasteiger partial charge in [-0.05, 0) is 43.2 Å². The molecule has 2 aromatic rings. The Bertz CT molecular complexity index is 1190. The van der Waals surface area contributed by atoms with E-state index in [2.05, 4.69) is 0 Å². The molecule has 0 radical (unpaired) electrons. The van der Waals surface area contributed by atoms with Crippen molar-refractivity contribution in [1.82, 2.24) is 14.7 Å². The molecule has 1 atom stereocenters. The lowest BCUT2D eigenvalue weighted by Crippen LogP contribution is -2.61. The molecule has 1 unspecified atom stereocenters. The number of amides is 2. The van der Waals surface area contributed by atoms with Gasteiger partial charge in [0.05, 0.1) is 22.3 Å². The van der Waals surface area contributed by atoms with E-state index in [1.807, 2.05) is 11.0 Å². The van der Waals surface area contributed by atoms with Crippen LogP contribution in [0.3, 0.4) is 0 Å². The summed E-state index contributed by atoms with van der Waals surface area (Å²) in [5.74, 6) is -0.441. The van der Waals surface area contributed by atoms with E-state index in [-0.39, 0.29) is 35.6 Å². The van der Waals surface area contributed by atoms with Crippen LogP contribution in [0.15, 0.2) is 59.5 Å². The third kappa shape index (κ3) is 5.29. The van der Waals surface area contributed by atoms with Gasteiger partial charge in [0.1, 0.15) is 6.04 Å². The van der Waals surface area contributed by atoms with Crippen LogP contribution in [-0.2, 0) is 14.6 Å². The van der Waals surface area contributed by atoms with Crippen LogP contribution >= 0.6 is 0 Å². The maximum absolute atomic E-state index is 13.4. The average molecular weight is 481 g/mol. The highest BCUT2D eigenvalue weighted by molar-refractivity contribution is 7.91. The maximum Gasteiger partial charge on any atom is 0.254 e. The number of likely N-dealkylation sites (tertiary alicyclic amines) is 1. The first-order valence-electron chi connectivity index (χ1n) is 11.5. The summed E-state index contributed by atoms with van der Waals surface area (Å²) in [6.45, 7) is 2.69. The van der Waals surface area contributed by atoms with Gasteiger partial charge in [-0.2, -0.15) is 5.26 Å². The van der Waals surface area contributed by atoms with Crippen LogP contribution in [0.25, 0.3) is 0 Å². The SMILES string of the molecule is N#Cc1cccc(C(=O)N2CCN(CCS(=O)(=O)c3ccccc3)CC2C(=O)N2CCCC2)c1. The zero-order chi connectivity index (χ0) is 24.1. The van der Waals surface area contributed by atoms with E-state index in [1.54, 1.807) is 64.4 Å². The van der Waals surface area contributed by atoms with Gasteiger partial charge in [0.2, 0.25) is 5.91 Å². The number of benzene rings is 2. The first kappa shape index (κ1) is 23.9. The van der Waals surface area contributed by atoms with Gasteiger partial charge in [0.25, 0.3) is 5.91 Å². The van der Waals surface area contributed by atoms with Crippen molar-refractivity contribution in [2.75, 3.05) is 45.0 Å². The van der Waals surface area contributed by atoms with Crippen LogP contribution in [0.2, 0.25) is 0 Å². The Hall–Kier alpha value is -3.22. The highest BCUT2D eigenvalue weighted by Gasteiger charge is 2.38. The molecule has 2 aliphatic rings. The summed E-state index contributed by atoms with van der Waals surface area (Å²) in [5, 5.41) is 9.19. The van der Waals surface area contributed by atoms with Crippen molar-refractivity contribution in [2.24, 2.45) is 0 Å². The Morgan fingerprint density at radius 3 is 2.41 bits per heavy atom. The van der Waals surface area contributed by atoms with Crippen molar-refractivity contribution in [1.29, 1.82) is 5.26 Å². The van der Waals surface area contributed by atoms with Gasteiger partial charge in [-0.15, -0.1) is 0 Å². The van der Waals surface area contributed by atoms with E-state index < -0.39 is 15.9 Å². The Labute approximate surface area is 200 Å². The molecular formula is C25H28N4O4S. The molecule has 2 heterocycles. The molecule has 8 nitrogen and oxygen atoms in total. The maximum atomic E-state index is 13.4. The minimum absolute atomic E-state index is 0.0558. The molecule has 0 spiro atoms. The summed E-state index contributed by atoms with van der Waals surface area (Å²) in [7, 11) is -3.44. The minimum atomic E-state index is -3.44. The topological polar surface area (TPSA) is 102 Å². The Kier molecular flexibility index (Phi) is 7.29. The summed E-state index contributed by atoms with van der Waals surface area (Å²) in [6, 6.07) is 16.2. The fourth-order valence-electron chi connectivity index (χ4n) is 4.53. The number of rotatable bonds is 6. The van der Waals surface area contributed by atoms with Crippen LogP contribution in [0.4, 0.5) is 0 Å². The van der Waals surface area contributed by atoms with E-state index in [4.69, 9.17) is 0 Å². The lowest BCUT2D eigenvalue weighted by atomic mass is 10.1. The summed E-state index contributed by atoms with van der Waals surface area (Å²) < 4.78 is 25.4. The number of sulfone groups is 1. The minimum Gasteiger partial charge on any atom is -0.341 e. The molecular weight excluding hydrogens is 452 g/mol. The highest BCUT2D eigenvalue weighted by atomic mass is 32.2. The molecule has 178 valence electrons. The van der Waals surface area contributed by atoms with Gasteiger partial charge in [-0.25, -0.2) is 8.42 Å². The molecule has 2 fully saturated rings. The molecule has 2 saturated heterocycles. The Morgan fingerprint density at radius 2 is 1.71 bits per heavy atom. The highest BCUT2D eigenvalue weighted by Crippen LogP contribution is 2.20. The molecule has 0 bridgehead atoms. The summed E-state index contributed by atoms with van der Waals surface area (Å²) >= 11 is 0. The first-order valence-corrected chi connectivity index (χ1v) is 13.1. The van der Waals surface area contributed by atoms with Crippen molar-refractivity contribution in [2.45, 2.75) is 23.8 Å². The molecule has 0 N–H and O–H groups in total. The van der Waals surface area contributed by atoms with E-state index in [1.165, 1.54) is 0 Å². The van der Waals surface area contributed by atoms with Gasteiger partial charge in [-0.3, -0.25) is 14.5 Å². The monoisotopic (exact) mass is 480 g/mol. The zero-order valence-electron chi connectivity index (χ0n) is 19.0. The quantitative estimate of drug-likeness (QED) is 0.625. The van der Waals surface area contributed by atoms with Crippen LogP contribution < -0.4 is 0 Å². The Morgan fingerprint density at radius 1 is 0.971 bits per heavy atom. The van der Waals surface area contributed by atoms with Crippen molar-refractivity contribution in [3.8, 4) is 6.07 Å². The fourth-order valence-corrected chi connectivity index (χ4v) is 5.83. The third-order valence-corrected chi connectivity index (χ3v) is 8.16. The molecule has 2 amide bonds. The van der Waals surface area contributed by atoms with Crippen LogP contribution in [0, 0.1) is 11.3 Å². The van der Waals surface area contributed by atoms with Crippen LogP contribution in [-0.4, -0.2) is 86.0 Å². The fraction of sp³-hybridized carbons (Fsp3) is 0.400. The number of nitrogens with zero attached hydrogens (tertiary/aromatic N) is 4. The average Bonchev–Trinajstić information content (AvgIpc) is 3.42. The van der Waals surface area contributed by atoms with Crippen molar-refractivity contribution in [3.05, 3.63) is 65.7 Å². The van der Waals surface area contributed by atoms with Gasteiger partial charge < -0.3 is 9.80 Å². The van der Waals surface area contributed by atoms with Crippen molar-refractivity contribution >= 4 is 21.7 Å². The molecule has 2 aliphatic heterocycles. The number of hydrogen-bond donors (Lipinski definition) is 0. The number of carbonyl (C=O) groups is 2.